The maximum atomic E-state index is 13.8. The summed E-state index contributed by atoms with van der Waals surface area (Å²) in [5, 5.41) is 11.6. The lowest BCUT2D eigenvalue weighted by Crippen LogP contribution is -2.44. The van der Waals surface area contributed by atoms with Gasteiger partial charge in [-0.1, -0.05) is 6.07 Å². The van der Waals surface area contributed by atoms with Crippen LogP contribution in [-0.4, -0.2) is 66.3 Å². The first-order valence-corrected chi connectivity index (χ1v) is 14.5. The summed E-state index contributed by atoms with van der Waals surface area (Å²) in [4.78, 5) is 34.8. The first-order valence-electron chi connectivity index (χ1n) is 14.5. The van der Waals surface area contributed by atoms with E-state index >= 15 is 0 Å². The number of hydrogen-bond donors (Lipinski definition) is 2. The van der Waals surface area contributed by atoms with Gasteiger partial charge in [-0.2, -0.15) is 26.3 Å². The molecule has 2 aliphatic rings. The first kappa shape index (κ1) is 33.1. The molecule has 2 aromatic rings. The highest BCUT2D eigenvalue weighted by Gasteiger charge is 2.39. The molecule has 2 saturated heterocycles. The number of halogens is 6. The molecule has 242 valence electrons. The van der Waals surface area contributed by atoms with Crippen LogP contribution in [0, 0.1) is 5.92 Å². The second kappa shape index (κ2) is 13.9. The molecule has 2 fully saturated rings. The Morgan fingerprint density at radius 3 is 2.34 bits per heavy atom. The molecule has 2 aliphatic heterocycles. The Labute approximate surface area is 250 Å². The smallest absolute Gasteiger partial charge is 0.451 e. The fraction of sp³-hybridized carbons (Fsp3) is 0.586. The number of amides is 1. The lowest BCUT2D eigenvalue weighted by Gasteiger charge is -2.34. The SMILES string of the molecule is COc1cc(C(F)(F)F)ccc1CCNC(=O)C1CCCN1c1cc(N2CCC(CCCC(=O)O)CC2)nc(C(F)(F)F)n1. The van der Waals surface area contributed by atoms with Gasteiger partial charge in [-0.25, -0.2) is 9.97 Å². The second-order valence-corrected chi connectivity index (χ2v) is 11.0. The molecule has 0 aliphatic carbocycles. The van der Waals surface area contributed by atoms with Crippen molar-refractivity contribution < 1.29 is 45.8 Å². The van der Waals surface area contributed by atoms with Crippen molar-refractivity contribution in [1.29, 1.82) is 0 Å². The molecule has 4 rings (SSSR count). The topological polar surface area (TPSA) is 108 Å². The van der Waals surface area contributed by atoms with Crippen LogP contribution in [-0.2, 0) is 28.4 Å². The molecule has 9 nitrogen and oxygen atoms in total. The largest absolute Gasteiger partial charge is 0.496 e. The van der Waals surface area contributed by atoms with Gasteiger partial charge in [0.2, 0.25) is 11.7 Å². The number of methoxy groups -OCH3 is 1. The summed E-state index contributed by atoms with van der Waals surface area (Å²) in [5.41, 5.74) is -0.392. The number of nitrogens with zero attached hydrogens (tertiary/aromatic N) is 4. The molecule has 44 heavy (non-hydrogen) atoms. The molecule has 0 saturated carbocycles. The number of nitrogens with one attached hydrogen (secondary N) is 1. The van der Waals surface area contributed by atoms with Gasteiger partial charge in [0.25, 0.3) is 0 Å². The average Bonchev–Trinajstić information content (AvgIpc) is 3.46. The van der Waals surface area contributed by atoms with Crippen LogP contribution in [0.5, 0.6) is 5.75 Å². The van der Waals surface area contributed by atoms with Gasteiger partial charge in [0.1, 0.15) is 23.4 Å². The van der Waals surface area contributed by atoms with E-state index in [4.69, 9.17) is 9.84 Å². The van der Waals surface area contributed by atoms with E-state index in [1.807, 2.05) is 0 Å². The van der Waals surface area contributed by atoms with Crippen LogP contribution >= 0.6 is 0 Å². The number of piperidine rings is 1. The Kier molecular flexibility index (Phi) is 10.5. The number of carbonyl (C=O) groups excluding carboxylic acids is 1. The van der Waals surface area contributed by atoms with Crippen molar-refractivity contribution in [1.82, 2.24) is 15.3 Å². The van der Waals surface area contributed by atoms with E-state index in [0.717, 1.165) is 18.6 Å². The highest BCUT2D eigenvalue weighted by molar-refractivity contribution is 5.85. The minimum Gasteiger partial charge on any atom is -0.496 e. The summed E-state index contributed by atoms with van der Waals surface area (Å²) >= 11 is 0. The standard InChI is InChI=1S/C29H35F6N5O4/c1-44-22-16-20(28(30,31)32)8-7-19(22)9-12-36-26(43)21-5-3-13-40(21)24-17-23(37-27(38-24)29(33,34)35)39-14-10-18(11-15-39)4-2-6-25(41)42/h7-8,16-18,21H,2-6,9-15H2,1H3,(H,36,43)(H,41,42). The van der Waals surface area contributed by atoms with Crippen LogP contribution in [0.4, 0.5) is 38.0 Å². The van der Waals surface area contributed by atoms with Crippen molar-refractivity contribution in [2.45, 2.75) is 69.8 Å². The molecular formula is C29H35F6N5O4. The molecule has 1 amide bonds. The molecule has 1 aromatic heterocycles. The van der Waals surface area contributed by atoms with Gasteiger partial charge < -0.3 is 25.0 Å². The van der Waals surface area contributed by atoms with Crippen LogP contribution in [0.3, 0.4) is 0 Å². The van der Waals surface area contributed by atoms with E-state index in [1.165, 1.54) is 24.1 Å². The molecule has 1 aromatic carbocycles. The monoisotopic (exact) mass is 631 g/mol. The number of alkyl halides is 6. The molecule has 1 atom stereocenters. The molecule has 0 radical (unpaired) electrons. The lowest BCUT2D eigenvalue weighted by molar-refractivity contribution is -0.145. The Morgan fingerprint density at radius 2 is 1.70 bits per heavy atom. The number of carboxylic acids is 1. The predicted octanol–water partition coefficient (Wildman–Crippen LogP) is 5.32. The fourth-order valence-corrected chi connectivity index (χ4v) is 5.73. The molecule has 15 heteroatoms. The summed E-state index contributed by atoms with van der Waals surface area (Å²) in [6, 6.07) is 3.80. The number of aromatic nitrogens is 2. The molecular weight excluding hydrogens is 596 g/mol. The van der Waals surface area contributed by atoms with Gasteiger partial charge in [0.05, 0.1) is 12.7 Å². The average molecular weight is 632 g/mol. The number of carboxylic acid groups (broad SMARTS) is 1. The van der Waals surface area contributed by atoms with Crippen LogP contribution in [0.15, 0.2) is 24.3 Å². The third-order valence-corrected chi connectivity index (χ3v) is 8.05. The van der Waals surface area contributed by atoms with Gasteiger partial charge in [0.15, 0.2) is 0 Å². The Bertz CT molecular complexity index is 1310. The van der Waals surface area contributed by atoms with Gasteiger partial charge in [-0.3, -0.25) is 9.59 Å². The number of hydrogen-bond acceptors (Lipinski definition) is 7. The van der Waals surface area contributed by atoms with Gasteiger partial charge >= 0.3 is 18.3 Å². The van der Waals surface area contributed by atoms with E-state index in [2.05, 4.69) is 15.3 Å². The zero-order chi connectivity index (χ0) is 32.1. The molecule has 2 N–H and O–H groups in total. The van der Waals surface area contributed by atoms with E-state index in [-0.39, 0.29) is 42.7 Å². The molecule has 0 spiro atoms. The zero-order valence-electron chi connectivity index (χ0n) is 24.2. The number of aliphatic carboxylic acids is 1. The van der Waals surface area contributed by atoms with Gasteiger partial charge in [0, 0.05) is 38.7 Å². The maximum Gasteiger partial charge on any atom is 0.451 e. The number of benzene rings is 1. The predicted molar refractivity (Wildman–Crippen MR) is 149 cm³/mol. The second-order valence-electron chi connectivity index (χ2n) is 11.0. The minimum absolute atomic E-state index is 0.00651. The summed E-state index contributed by atoms with van der Waals surface area (Å²) < 4.78 is 85.7. The number of carbonyl (C=O) groups is 2. The van der Waals surface area contributed by atoms with Crippen molar-refractivity contribution >= 4 is 23.5 Å². The number of anilines is 2. The van der Waals surface area contributed by atoms with E-state index in [0.29, 0.717) is 57.3 Å². The van der Waals surface area contributed by atoms with E-state index in [9.17, 15) is 35.9 Å². The summed E-state index contributed by atoms with van der Waals surface area (Å²) in [6.45, 7) is 1.31. The quantitative estimate of drug-likeness (QED) is 0.321. The Balaban J connectivity index is 1.43. The third-order valence-electron chi connectivity index (χ3n) is 8.05. The highest BCUT2D eigenvalue weighted by Crippen LogP contribution is 2.35. The number of rotatable bonds is 11. The molecule has 0 bridgehead atoms. The van der Waals surface area contributed by atoms with Gasteiger partial charge in [-0.15, -0.1) is 0 Å². The van der Waals surface area contributed by atoms with Crippen molar-refractivity contribution in [3.8, 4) is 5.75 Å². The summed E-state index contributed by atoms with van der Waals surface area (Å²) in [5.74, 6) is -2.15. The molecule has 3 heterocycles. The lowest BCUT2D eigenvalue weighted by atomic mass is 9.91. The van der Waals surface area contributed by atoms with E-state index in [1.54, 1.807) is 4.90 Å². The van der Waals surface area contributed by atoms with E-state index < -0.39 is 41.7 Å². The normalized spacial score (nSPS) is 18.0. The van der Waals surface area contributed by atoms with Crippen LogP contribution in [0.25, 0.3) is 0 Å². The van der Waals surface area contributed by atoms with Crippen molar-refractivity contribution in [2.75, 3.05) is 43.1 Å². The Hall–Kier alpha value is -3.78. The van der Waals surface area contributed by atoms with Crippen molar-refractivity contribution in [2.24, 2.45) is 5.92 Å². The van der Waals surface area contributed by atoms with Crippen LogP contribution < -0.4 is 19.9 Å². The van der Waals surface area contributed by atoms with Crippen molar-refractivity contribution in [3.05, 3.63) is 41.2 Å². The first-order chi connectivity index (χ1) is 20.8. The maximum absolute atomic E-state index is 13.8. The molecule has 1 unspecified atom stereocenters. The number of ether oxygens (including phenoxy) is 1. The van der Waals surface area contributed by atoms with Crippen LogP contribution in [0.2, 0.25) is 0 Å². The third kappa shape index (κ3) is 8.44. The van der Waals surface area contributed by atoms with Crippen LogP contribution in [0.1, 0.15) is 61.9 Å². The minimum atomic E-state index is -4.81. The summed E-state index contributed by atoms with van der Waals surface area (Å²) in [7, 11) is 1.25. The zero-order valence-corrected chi connectivity index (χ0v) is 24.2. The fourth-order valence-electron chi connectivity index (χ4n) is 5.73. The van der Waals surface area contributed by atoms with Crippen molar-refractivity contribution in [3.63, 3.8) is 0 Å². The Morgan fingerprint density at radius 1 is 1.00 bits per heavy atom. The van der Waals surface area contributed by atoms with Gasteiger partial charge in [-0.05, 0) is 68.6 Å². The highest BCUT2D eigenvalue weighted by atomic mass is 19.4. The summed E-state index contributed by atoms with van der Waals surface area (Å²) in [6.07, 6.45) is -5.47.